The molecule has 2 heterocycles. The lowest BCUT2D eigenvalue weighted by molar-refractivity contribution is 0.257. The van der Waals surface area contributed by atoms with Crippen LogP contribution in [0.3, 0.4) is 0 Å². The molecular formula is C17H24ClN3. The average molecular weight is 306 g/mol. The quantitative estimate of drug-likeness (QED) is 0.786. The second kappa shape index (κ2) is 6.35. The number of fused-ring (bicyclic) bond motifs is 1. The highest BCUT2D eigenvalue weighted by Gasteiger charge is 2.21. The molecule has 0 bridgehead atoms. The van der Waals surface area contributed by atoms with Gasteiger partial charge in [-0.3, -0.25) is 0 Å². The molecule has 1 aliphatic carbocycles. The molecule has 2 aromatic heterocycles. The van der Waals surface area contributed by atoms with Crippen LogP contribution >= 0.6 is 11.6 Å². The molecule has 114 valence electrons. The third-order valence-corrected chi connectivity index (χ3v) is 4.79. The zero-order valence-corrected chi connectivity index (χ0v) is 13.7. The molecule has 0 saturated heterocycles. The minimum absolute atomic E-state index is 0.614. The molecule has 1 fully saturated rings. The van der Waals surface area contributed by atoms with E-state index in [0.717, 1.165) is 47.4 Å². The molecule has 2 unspecified atom stereocenters. The second-order valence-corrected chi connectivity index (χ2v) is 6.95. The SMILES string of the molecule is Cc1cnc2c(c1)nc(CCCl)n2CC1CCCC(C)C1. The van der Waals surface area contributed by atoms with Crippen molar-refractivity contribution in [2.45, 2.75) is 52.5 Å². The number of alkyl halides is 1. The molecule has 3 rings (SSSR count). The Morgan fingerprint density at radius 2 is 2.24 bits per heavy atom. The van der Waals surface area contributed by atoms with Crippen LogP contribution in [0.1, 0.15) is 44.0 Å². The number of hydrogen-bond acceptors (Lipinski definition) is 2. The summed E-state index contributed by atoms with van der Waals surface area (Å²) < 4.78 is 2.32. The Morgan fingerprint density at radius 3 is 3.00 bits per heavy atom. The molecule has 0 radical (unpaired) electrons. The molecule has 0 spiro atoms. The van der Waals surface area contributed by atoms with Gasteiger partial charge < -0.3 is 4.57 Å². The van der Waals surface area contributed by atoms with Crippen LogP contribution in [0.2, 0.25) is 0 Å². The van der Waals surface area contributed by atoms with E-state index < -0.39 is 0 Å². The number of imidazole rings is 1. The van der Waals surface area contributed by atoms with E-state index in [0.29, 0.717) is 5.88 Å². The molecule has 21 heavy (non-hydrogen) atoms. The van der Waals surface area contributed by atoms with Crippen molar-refractivity contribution in [2.75, 3.05) is 5.88 Å². The van der Waals surface area contributed by atoms with E-state index in [2.05, 4.69) is 29.5 Å². The normalized spacial score (nSPS) is 22.8. The number of aryl methyl sites for hydroxylation is 2. The lowest BCUT2D eigenvalue weighted by atomic mass is 9.82. The van der Waals surface area contributed by atoms with Gasteiger partial charge in [0, 0.05) is 25.0 Å². The van der Waals surface area contributed by atoms with Crippen LogP contribution in [-0.2, 0) is 13.0 Å². The van der Waals surface area contributed by atoms with E-state index in [1.54, 1.807) is 0 Å². The maximum absolute atomic E-state index is 5.96. The van der Waals surface area contributed by atoms with Gasteiger partial charge >= 0.3 is 0 Å². The summed E-state index contributed by atoms with van der Waals surface area (Å²) in [5, 5.41) is 0. The highest BCUT2D eigenvalue weighted by molar-refractivity contribution is 6.17. The van der Waals surface area contributed by atoms with Gasteiger partial charge in [0.1, 0.15) is 11.3 Å². The first kappa shape index (κ1) is 14.8. The van der Waals surface area contributed by atoms with Gasteiger partial charge in [-0.25, -0.2) is 9.97 Å². The van der Waals surface area contributed by atoms with E-state index in [-0.39, 0.29) is 0 Å². The van der Waals surface area contributed by atoms with Crippen molar-refractivity contribution in [2.24, 2.45) is 11.8 Å². The van der Waals surface area contributed by atoms with Gasteiger partial charge in [-0.1, -0.05) is 19.8 Å². The van der Waals surface area contributed by atoms with E-state index in [1.807, 2.05) is 6.20 Å². The Labute approximate surface area is 131 Å². The minimum atomic E-state index is 0.614. The molecule has 3 nitrogen and oxygen atoms in total. The Kier molecular flexibility index (Phi) is 4.48. The maximum atomic E-state index is 5.96. The second-order valence-electron chi connectivity index (χ2n) is 6.57. The van der Waals surface area contributed by atoms with Crippen molar-refractivity contribution in [3.05, 3.63) is 23.7 Å². The summed E-state index contributed by atoms with van der Waals surface area (Å²) in [7, 11) is 0. The fourth-order valence-corrected chi connectivity index (χ4v) is 3.78. The maximum Gasteiger partial charge on any atom is 0.160 e. The van der Waals surface area contributed by atoms with Gasteiger partial charge in [-0.05, 0) is 43.2 Å². The highest BCUT2D eigenvalue weighted by atomic mass is 35.5. The summed E-state index contributed by atoms with van der Waals surface area (Å²) in [6.45, 7) is 5.48. The molecule has 0 amide bonds. The van der Waals surface area contributed by atoms with Crippen molar-refractivity contribution in [1.29, 1.82) is 0 Å². The Hall–Kier alpha value is -1.09. The number of hydrogen-bond donors (Lipinski definition) is 0. The van der Waals surface area contributed by atoms with E-state index in [1.165, 1.54) is 25.7 Å². The van der Waals surface area contributed by atoms with Crippen molar-refractivity contribution in [3.63, 3.8) is 0 Å². The summed E-state index contributed by atoms with van der Waals surface area (Å²) in [5.74, 6) is 3.31. The van der Waals surface area contributed by atoms with E-state index >= 15 is 0 Å². The molecule has 2 aromatic rings. The number of halogens is 1. The van der Waals surface area contributed by atoms with Crippen LogP contribution in [0.4, 0.5) is 0 Å². The van der Waals surface area contributed by atoms with Crippen molar-refractivity contribution < 1.29 is 0 Å². The van der Waals surface area contributed by atoms with Crippen LogP contribution in [0.5, 0.6) is 0 Å². The third-order valence-electron chi connectivity index (χ3n) is 4.60. The predicted octanol–water partition coefficient (Wildman–Crippen LogP) is 4.35. The summed E-state index contributed by atoms with van der Waals surface area (Å²) in [6.07, 6.45) is 8.15. The van der Waals surface area contributed by atoms with Gasteiger partial charge in [-0.15, -0.1) is 11.6 Å². The van der Waals surface area contributed by atoms with Gasteiger partial charge in [0.15, 0.2) is 5.65 Å². The lowest BCUT2D eigenvalue weighted by Crippen LogP contribution is -2.20. The van der Waals surface area contributed by atoms with E-state index in [9.17, 15) is 0 Å². The van der Waals surface area contributed by atoms with Crippen molar-refractivity contribution >= 4 is 22.8 Å². The number of aromatic nitrogens is 3. The largest absolute Gasteiger partial charge is 0.312 e. The van der Waals surface area contributed by atoms with Crippen LogP contribution in [-0.4, -0.2) is 20.4 Å². The predicted molar refractivity (Wildman–Crippen MR) is 87.8 cm³/mol. The van der Waals surface area contributed by atoms with Gasteiger partial charge in [0.25, 0.3) is 0 Å². The van der Waals surface area contributed by atoms with Gasteiger partial charge in [-0.2, -0.15) is 0 Å². The summed E-state index contributed by atoms with van der Waals surface area (Å²) >= 11 is 5.96. The zero-order valence-electron chi connectivity index (χ0n) is 13.0. The molecule has 4 heteroatoms. The Bertz CT molecular complexity index is 620. The molecule has 2 atom stereocenters. The summed E-state index contributed by atoms with van der Waals surface area (Å²) in [6, 6.07) is 2.13. The van der Waals surface area contributed by atoms with Gasteiger partial charge in [0.2, 0.25) is 0 Å². The minimum Gasteiger partial charge on any atom is -0.312 e. The molecule has 0 N–H and O–H groups in total. The molecule has 1 saturated carbocycles. The smallest absolute Gasteiger partial charge is 0.160 e. The highest BCUT2D eigenvalue weighted by Crippen LogP contribution is 2.31. The first-order valence-electron chi connectivity index (χ1n) is 8.05. The van der Waals surface area contributed by atoms with Crippen molar-refractivity contribution in [3.8, 4) is 0 Å². The zero-order chi connectivity index (χ0) is 14.8. The number of pyridine rings is 1. The Balaban J connectivity index is 1.93. The van der Waals surface area contributed by atoms with Crippen molar-refractivity contribution in [1.82, 2.24) is 14.5 Å². The molecule has 1 aliphatic rings. The topological polar surface area (TPSA) is 30.7 Å². The summed E-state index contributed by atoms with van der Waals surface area (Å²) in [5.41, 5.74) is 3.20. The standard InChI is InChI=1S/C17H24ClN3/c1-12-4-3-5-14(8-12)11-21-16(6-7-18)20-15-9-13(2)10-19-17(15)21/h9-10,12,14H,3-8,11H2,1-2H3. The molecule has 0 aromatic carbocycles. The molecule has 0 aliphatic heterocycles. The molecular weight excluding hydrogens is 282 g/mol. The fraction of sp³-hybridized carbons (Fsp3) is 0.647. The fourth-order valence-electron chi connectivity index (χ4n) is 3.61. The van der Waals surface area contributed by atoms with Crippen LogP contribution in [0.25, 0.3) is 11.2 Å². The first-order valence-corrected chi connectivity index (χ1v) is 8.58. The summed E-state index contributed by atoms with van der Waals surface area (Å²) in [4.78, 5) is 9.39. The first-order chi connectivity index (χ1) is 10.2. The number of rotatable bonds is 4. The number of nitrogens with zero attached hydrogens (tertiary/aromatic N) is 3. The Morgan fingerprint density at radius 1 is 1.38 bits per heavy atom. The van der Waals surface area contributed by atoms with Crippen LogP contribution in [0.15, 0.2) is 12.3 Å². The third kappa shape index (κ3) is 3.23. The monoisotopic (exact) mass is 305 g/mol. The van der Waals surface area contributed by atoms with Crippen LogP contribution in [0, 0.1) is 18.8 Å². The van der Waals surface area contributed by atoms with E-state index in [4.69, 9.17) is 16.6 Å². The van der Waals surface area contributed by atoms with Crippen LogP contribution < -0.4 is 0 Å². The lowest BCUT2D eigenvalue weighted by Gasteiger charge is -2.27. The van der Waals surface area contributed by atoms with Gasteiger partial charge in [0.05, 0.1) is 0 Å². The average Bonchev–Trinajstić information content (AvgIpc) is 2.76.